The van der Waals surface area contributed by atoms with Gasteiger partial charge in [0.2, 0.25) is 0 Å². The molecule has 0 radical (unpaired) electrons. The van der Waals surface area contributed by atoms with Crippen molar-refractivity contribution < 1.29 is 9.13 Å². The second-order valence-corrected chi connectivity index (χ2v) is 5.94. The highest BCUT2D eigenvalue weighted by atomic mass is 19.1. The van der Waals surface area contributed by atoms with Gasteiger partial charge in [-0.15, -0.1) is 0 Å². The van der Waals surface area contributed by atoms with Gasteiger partial charge in [0.05, 0.1) is 13.2 Å². The lowest BCUT2D eigenvalue weighted by Gasteiger charge is -2.38. The number of nitrogens with one attached hydrogen (secondary N) is 2. The van der Waals surface area contributed by atoms with Gasteiger partial charge in [-0.25, -0.2) is 4.39 Å². The molecule has 2 atom stereocenters. The predicted octanol–water partition coefficient (Wildman–Crippen LogP) is 1.60. The number of hydrogen-bond acceptors (Lipinski definition) is 3. The molecule has 0 aromatic heterocycles. The first-order valence-electron chi connectivity index (χ1n) is 8.12. The molecule has 1 aromatic carbocycles. The first kappa shape index (κ1) is 17.7. The molecular weight excluding hydrogens is 295 g/mol. The summed E-state index contributed by atoms with van der Waals surface area (Å²) in [6.45, 7) is 8.38. The van der Waals surface area contributed by atoms with Crippen LogP contribution in [0, 0.1) is 5.82 Å². The summed E-state index contributed by atoms with van der Waals surface area (Å²) in [4.78, 5) is 6.68. The molecule has 1 fully saturated rings. The molecule has 0 spiro atoms. The summed E-state index contributed by atoms with van der Waals surface area (Å²) in [7, 11) is 1.75. The van der Waals surface area contributed by atoms with Gasteiger partial charge >= 0.3 is 0 Å². The Labute approximate surface area is 137 Å². The molecule has 2 unspecified atom stereocenters. The molecule has 5 nitrogen and oxygen atoms in total. The molecule has 128 valence electrons. The summed E-state index contributed by atoms with van der Waals surface area (Å²) in [6, 6.07) is 7.32. The van der Waals surface area contributed by atoms with E-state index in [2.05, 4.69) is 34.4 Å². The Morgan fingerprint density at radius 1 is 1.39 bits per heavy atom. The van der Waals surface area contributed by atoms with Crippen molar-refractivity contribution >= 4 is 5.96 Å². The van der Waals surface area contributed by atoms with Crippen LogP contribution in [0.1, 0.15) is 19.4 Å². The van der Waals surface area contributed by atoms with Crippen molar-refractivity contribution in [3.8, 4) is 0 Å². The quantitative estimate of drug-likeness (QED) is 0.639. The number of hydrogen-bond donors (Lipinski definition) is 2. The number of halogens is 1. The minimum Gasteiger partial charge on any atom is -0.379 e. The maximum absolute atomic E-state index is 12.9. The van der Waals surface area contributed by atoms with Gasteiger partial charge in [0, 0.05) is 38.8 Å². The Morgan fingerprint density at radius 2 is 2.13 bits per heavy atom. The number of benzene rings is 1. The van der Waals surface area contributed by atoms with E-state index in [1.807, 2.05) is 0 Å². The molecule has 0 bridgehead atoms. The molecule has 23 heavy (non-hydrogen) atoms. The van der Waals surface area contributed by atoms with Crippen LogP contribution < -0.4 is 10.6 Å². The summed E-state index contributed by atoms with van der Waals surface area (Å²) in [5.74, 6) is 0.534. The van der Waals surface area contributed by atoms with E-state index in [0.717, 1.165) is 37.8 Å². The van der Waals surface area contributed by atoms with Gasteiger partial charge in [0.1, 0.15) is 5.82 Å². The molecule has 1 saturated heterocycles. The second-order valence-electron chi connectivity index (χ2n) is 5.94. The summed E-state index contributed by atoms with van der Waals surface area (Å²) >= 11 is 0. The van der Waals surface area contributed by atoms with E-state index in [-0.39, 0.29) is 5.82 Å². The Morgan fingerprint density at radius 3 is 2.78 bits per heavy atom. The van der Waals surface area contributed by atoms with Crippen LogP contribution in [0.3, 0.4) is 0 Å². The molecule has 0 aliphatic carbocycles. The number of rotatable bonds is 5. The Hall–Kier alpha value is -1.66. The zero-order valence-electron chi connectivity index (χ0n) is 14.2. The van der Waals surface area contributed by atoms with Crippen molar-refractivity contribution in [2.45, 2.75) is 32.5 Å². The van der Waals surface area contributed by atoms with E-state index in [0.29, 0.717) is 18.6 Å². The lowest BCUT2D eigenvalue weighted by atomic mass is 10.2. The third-order valence-electron chi connectivity index (χ3n) is 4.15. The van der Waals surface area contributed by atoms with E-state index >= 15 is 0 Å². The molecule has 0 amide bonds. The van der Waals surface area contributed by atoms with Crippen molar-refractivity contribution in [3.63, 3.8) is 0 Å². The van der Waals surface area contributed by atoms with Crippen LogP contribution in [-0.4, -0.2) is 56.3 Å². The van der Waals surface area contributed by atoms with E-state index in [1.165, 1.54) is 12.1 Å². The van der Waals surface area contributed by atoms with Crippen LogP contribution in [0.15, 0.2) is 29.3 Å². The zero-order valence-corrected chi connectivity index (χ0v) is 14.2. The molecule has 1 aromatic rings. The third-order valence-corrected chi connectivity index (χ3v) is 4.15. The normalized spacial score (nSPS) is 21.0. The van der Waals surface area contributed by atoms with E-state index in [9.17, 15) is 4.39 Å². The smallest absolute Gasteiger partial charge is 0.191 e. The monoisotopic (exact) mass is 322 g/mol. The van der Waals surface area contributed by atoms with Crippen LogP contribution >= 0.6 is 0 Å². The van der Waals surface area contributed by atoms with Crippen molar-refractivity contribution in [3.05, 3.63) is 35.6 Å². The SMILES string of the molecule is CN=C(NCc1ccc(F)cc1)NCC(C)N1CCOCC1C. The maximum atomic E-state index is 12.9. The third kappa shape index (κ3) is 5.48. The van der Waals surface area contributed by atoms with Gasteiger partial charge in [-0.05, 0) is 31.5 Å². The summed E-state index contributed by atoms with van der Waals surface area (Å²) in [5, 5.41) is 6.60. The highest BCUT2D eigenvalue weighted by Gasteiger charge is 2.23. The van der Waals surface area contributed by atoms with Crippen molar-refractivity contribution in [2.24, 2.45) is 4.99 Å². The fourth-order valence-corrected chi connectivity index (χ4v) is 2.77. The average molecular weight is 322 g/mol. The zero-order chi connectivity index (χ0) is 16.7. The van der Waals surface area contributed by atoms with Crippen LogP contribution in [0.5, 0.6) is 0 Å². The molecule has 1 aliphatic heterocycles. The van der Waals surface area contributed by atoms with Gasteiger partial charge in [-0.1, -0.05) is 12.1 Å². The molecule has 1 heterocycles. The maximum Gasteiger partial charge on any atom is 0.191 e. The van der Waals surface area contributed by atoms with Gasteiger partial charge in [-0.2, -0.15) is 0 Å². The van der Waals surface area contributed by atoms with Crippen LogP contribution in [0.2, 0.25) is 0 Å². The van der Waals surface area contributed by atoms with Crippen molar-refractivity contribution in [1.82, 2.24) is 15.5 Å². The summed E-state index contributed by atoms with van der Waals surface area (Å²) in [6.07, 6.45) is 0. The number of nitrogens with zero attached hydrogens (tertiary/aromatic N) is 2. The van der Waals surface area contributed by atoms with Crippen molar-refractivity contribution in [2.75, 3.05) is 33.4 Å². The Kier molecular flexibility index (Phi) is 6.80. The predicted molar refractivity (Wildman–Crippen MR) is 91.1 cm³/mol. The molecule has 0 saturated carbocycles. The highest BCUT2D eigenvalue weighted by Crippen LogP contribution is 2.10. The van der Waals surface area contributed by atoms with Crippen LogP contribution in [-0.2, 0) is 11.3 Å². The van der Waals surface area contributed by atoms with Gasteiger partial charge in [-0.3, -0.25) is 9.89 Å². The molecule has 6 heteroatoms. The highest BCUT2D eigenvalue weighted by molar-refractivity contribution is 5.79. The van der Waals surface area contributed by atoms with Gasteiger partial charge < -0.3 is 15.4 Å². The largest absolute Gasteiger partial charge is 0.379 e. The number of aliphatic imine (C=N–C) groups is 1. The van der Waals surface area contributed by atoms with Crippen molar-refractivity contribution in [1.29, 1.82) is 0 Å². The lowest BCUT2D eigenvalue weighted by Crippen LogP contribution is -2.52. The summed E-state index contributed by atoms with van der Waals surface area (Å²) < 4.78 is 18.4. The molecular formula is C17H27FN4O. The first-order chi connectivity index (χ1) is 11.1. The van der Waals surface area contributed by atoms with Crippen LogP contribution in [0.4, 0.5) is 4.39 Å². The average Bonchev–Trinajstić information content (AvgIpc) is 2.56. The first-order valence-corrected chi connectivity index (χ1v) is 8.12. The van der Waals surface area contributed by atoms with Gasteiger partial charge in [0.15, 0.2) is 5.96 Å². The van der Waals surface area contributed by atoms with E-state index in [1.54, 1.807) is 19.2 Å². The standard InChI is InChI=1S/C17H27FN4O/c1-13(22-8-9-23-12-14(22)2)10-20-17(19-3)21-11-15-4-6-16(18)7-5-15/h4-7,13-14H,8-12H2,1-3H3,(H2,19,20,21). The summed E-state index contributed by atoms with van der Waals surface area (Å²) in [5.41, 5.74) is 1.02. The lowest BCUT2D eigenvalue weighted by molar-refractivity contribution is -0.0174. The number of morpholine rings is 1. The number of guanidine groups is 1. The van der Waals surface area contributed by atoms with Crippen LogP contribution in [0.25, 0.3) is 0 Å². The van der Waals surface area contributed by atoms with E-state index < -0.39 is 0 Å². The fraction of sp³-hybridized carbons (Fsp3) is 0.588. The number of ether oxygens (including phenoxy) is 1. The minimum atomic E-state index is -0.218. The molecule has 2 rings (SSSR count). The molecule has 2 N–H and O–H groups in total. The van der Waals surface area contributed by atoms with E-state index in [4.69, 9.17) is 4.74 Å². The fourth-order valence-electron chi connectivity index (χ4n) is 2.77. The second kappa shape index (κ2) is 8.84. The van der Waals surface area contributed by atoms with Gasteiger partial charge in [0.25, 0.3) is 0 Å². The topological polar surface area (TPSA) is 48.9 Å². The Bertz CT molecular complexity index is 506. The Balaban J connectivity index is 1.77. The molecule has 1 aliphatic rings. The minimum absolute atomic E-state index is 0.218.